The van der Waals surface area contributed by atoms with Crippen molar-refractivity contribution in [2.45, 2.75) is 34.2 Å². The largest absolute Gasteiger partial charge is 0.396 e. The van der Waals surface area contributed by atoms with Crippen LogP contribution in [0.4, 0.5) is 10.1 Å². The fourth-order valence-electron chi connectivity index (χ4n) is 2.16. The summed E-state index contributed by atoms with van der Waals surface area (Å²) in [7, 11) is 0. The molecule has 1 rings (SSSR count). The normalized spacial score (nSPS) is 11.8. The van der Waals surface area contributed by atoms with Gasteiger partial charge in [-0.3, -0.25) is 4.90 Å². The van der Waals surface area contributed by atoms with Crippen LogP contribution in [-0.4, -0.2) is 18.0 Å². The summed E-state index contributed by atoms with van der Waals surface area (Å²) >= 11 is 0. The van der Waals surface area contributed by atoms with Gasteiger partial charge in [0.05, 0.1) is 5.69 Å². The Hall–Kier alpha value is -1.09. The van der Waals surface area contributed by atoms with Crippen LogP contribution in [0.5, 0.6) is 0 Å². The lowest BCUT2D eigenvalue weighted by Gasteiger charge is -2.26. The Morgan fingerprint density at radius 2 is 1.67 bits per heavy atom. The van der Waals surface area contributed by atoms with Gasteiger partial charge >= 0.3 is 0 Å². The minimum Gasteiger partial charge on any atom is -0.396 e. The second kappa shape index (κ2) is 6.74. The highest BCUT2D eigenvalue weighted by Crippen LogP contribution is 2.15. The summed E-state index contributed by atoms with van der Waals surface area (Å²) in [4.78, 5) is 2.38. The molecule has 102 valence electrons. The molecule has 18 heavy (non-hydrogen) atoms. The molecule has 0 aliphatic rings. The van der Waals surface area contributed by atoms with E-state index >= 15 is 0 Å². The van der Waals surface area contributed by atoms with E-state index < -0.39 is 0 Å². The molecule has 0 radical (unpaired) electrons. The molecule has 3 heteroatoms. The van der Waals surface area contributed by atoms with Crippen molar-refractivity contribution in [3.05, 3.63) is 29.6 Å². The molecule has 0 atom stereocenters. The Morgan fingerprint density at radius 3 is 2.11 bits per heavy atom. The topological polar surface area (TPSA) is 29.3 Å². The maximum absolute atomic E-state index is 13.4. The van der Waals surface area contributed by atoms with Crippen LogP contribution in [0.2, 0.25) is 0 Å². The molecule has 2 nitrogen and oxygen atoms in total. The summed E-state index contributed by atoms with van der Waals surface area (Å²) in [5, 5.41) is 0. The molecule has 0 aromatic heterocycles. The van der Waals surface area contributed by atoms with E-state index in [1.807, 2.05) is 6.07 Å². The number of nitrogens with zero attached hydrogens (tertiary/aromatic N) is 1. The third kappa shape index (κ3) is 5.05. The first kappa shape index (κ1) is 15.0. The summed E-state index contributed by atoms with van der Waals surface area (Å²) in [6.45, 7) is 11.7. The molecule has 0 bridgehead atoms. The predicted octanol–water partition coefficient (Wildman–Crippen LogP) is 3.52. The quantitative estimate of drug-likeness (QED) is 0.785. The number of hydrogen-bond donors (Lipinski definition) is 1. The van der Waals surface area contributed by atoms with Crippen molar-refractivity contribution in [3.63, 3.8) is 0 Å². The second-order valence-corrected chi connectivity index (χ2v) is 5.84. The van der Waals surface area contributed by atoms with Gasteiger partial charge in [-0.2, -0.15) is 0 Å². The molecular formula is C15H25FN2. The van der Waals surface area contributed by atoms with Crippen LogP contribution >= 0.6 is 0 Å². The van der Waals surface area contributed by atoms with Gasteiger partial charge in [0.1, 0.15) is 5.82 Å². The van der Waals surface area contributed by atoms with Gasteiger partial charge in [0, 0.05) is 19.6 Å². The highest BCUT2D eigenvalue weighted by molar-refractivity contribution is 5.41. The molecule has 0 aliphatic carbocycles. The van der Waals surface area contributed by atoms with E-state index in [0.29, 0.717) is 11.8 Å². The van der Waals surface area contributed by atoms with Gasteiger partial charge < -0.3 is 5.73 Å². The van der Waals surface area contributed by atoms with E-state index in [1.54, 1.807) is 12.1 Å². The van der Waals surface area contributed by atoms with Gasteiger partial charge in [-0.25, -0.2) is 4.39 Å². The monoisotopic (exact) mass is 252 g/mol. The molecule has 0 fully saturated rings. The number of nitrogen functional groups attached to an aromatic ring is 1. The molecule has 1 aromatic carbocycles. The lowest BCUT2D eigenvalue weighted by atomic mass is 10.1. The molecule has 0 unspecified atom stereocenters. The third-order valence-corrected chi connectivity index (χ3v) is 2.72. The van der Waals surface area contributed by atoms with Crippen LogP contribution < -0.4 is 5.73 Å². The first-order chi connectivity index (χ1) is 8.38. The van der Waals surface area contributed by atoms with E-state index in [0.717, 1.165) is 25.2 Å². The molecule has 0 saturated heterocycles. The van der Waals surface area contributed by atoms with Crippen LogP contribution in [0.3, 0.4) is 0 Å². The lowest BCUT2D eigenvalue weighted by molar-refractivity contribution is 0.211. The third-order valence-electron chi connectivity index (χ3n) is 2.72. The number of hydrogen-bond acceptors (Lipinski definition) is 2. The van der Waals surface area contributed by atoms with Gasteiger partial charge in [0.25, 0.3) is 0 Å². The van der Waals surface area contributed by atoms with Crippen molar-refractivity contribution in [1.82, 2.24) is 4.90 Å². The van der Waals surface area contributed by atoms with Crippen molar-refractivity contribution in [3.8, 4) is 0 Å². The molecular weight excluding hydrogens is 227 g/mol. The van der Waals surface area contributed by atoms with E-state index in [4.69, 9.17) is 5.73 Å². The Kier molecular flexibility index (Phi) is 5.60. The predicted molar refractivity (Wildman–Crippen MR) is 75.8 cm³/mol. The summed E-state index contributed by atoms with van der Waals surface area (Å²) in [6.07, 6.45) is 0. The van der Waals surface area contributed by atoms with Crippen LogP contribution in [0, 0.1) is 17.7 Å². The SMILES string of the molecule is CC(C)CN(Cc1ccc(N)c(F)c1)CC(C)C. The van der Waals surface area contributed by atoms with E-state index in [1.165, 1.54) is 0 Å². The first-order valence-electron chi connectivity index (χ1n) is 6.64. The fraction of sp³-hybridized carbons (Fsp3) is 0.600. The Labute approximate surface area is 110 Å². The van der Waals surface area contributed by atoms with E-state index in [-0.39, 0.29) is 11.5 Å². The fourth-order valence-corrected chi connectivity index (χ4v) is 2.16. The summed E-state index contributed by atoms with van der Waals surface area (Å²) in [6, 6.07) is 5.10. The average Bonchev–Trinajstić information content (AvgIpc) is 2.21. The van der Waals surface area contributed by atoms with Gasteiger partial charge in [-0.1, -0.05) is 33.8 Å². The lowest BCUT2D eigenvalue weighted by Crippen LogP contribution is -2.30. The summed E-state index contributed by atoms with van der Waals surface area (Å²) in [5.41, 5.74) is 6.70. The number of benzene rings is 1. The Balaban J connectivity index is 2.71. The van der Waals surface area contributed by atoms with Crippen LogP contribution in [0.25, 0.3) is 0 Å². The Morgan fingerprint density at radius 1 is 1.11 bits per heavy atom. The van der Waals surface area contributed by atoms with Gasteiger partial charge in [-0.15, -0.1) is 0 Å². The van der Waals surface area contributed by atoms with Gasteiger partial charge in [0.2, 0.25) is 0 Å². The van der Waals surface area contributed by atoms with Crippen LogP contribution in [0.15, 0.2) is 18.2 Å². The molecule has 0 amide bonds. The zero-order valence-electron chi connectivity index (χ0n) is 11.9. The molecule has 0 spiro atoms. The van der Waals surface area contributed by atoms with Crippen molar-refractivity contribution in [1.29, 1.82) is 0 Å². The number of halogens is 1. The highest BCUT2D eigenvalue weighted by Gasteiger charge is 2.11. The average molecular weight is 252 g/mol. The molecule has 2 N–H and O–H groups in total. The van der Waals surface area contributed by atoms with Gasteiger partial charge in [0.15, 0.2) is 0 Å². The number of anilines is 1. The van der Waals surface area contributed by atoms with Gasteiger partial charge in [-0.05, 0) is 29.5 Å². The Bertz CT molecular complexity index is 365. The molecule has 1 aromatic rings. The summed E-state index contributed by atoms with van der Waals surface area (Å²) < 4.78 is 13.4. The van der Waals surface area contributed by atoms with E-state index in [2.05, 4.69) is 32.6 Å². The minimum atomic E-state index is -0.318. The number of rotatable bonds is 6. The van der Waals surface area contributed by atoms with Crippen LogP contribution in [0.1, 0.15) is 33.3 Å². The van der Waals surface area contributed by atoms with Crippen molar-refractivity contribution in [2.24, 2.45) is 11.8 Å². The second-order valence-electron chi connectivity index (χ2n) is 5.84. The van der Waals surface area contributed by atoms with Crippen molar-refractivity contribution < 1.29 is 4.39 Å². The zero-order chi connectivity index (χ0) is 13.7. The van der Waals surface area contributed by atoms with E-state index in [9.17, 15) is 4.39 Å². The molecule has 0 saturated carbocycles. The first-order valence-corrected chi connectivity index (χ1v) is 6.64. The number of nitrogens with two attached hydrogens (primary N) is 1. The standard InChI is InChI=1S/C15H25FN2/c1-11(2)8-18(9-12(3)4)10-13-5-6-15(17)14(16)7-13/h5-7,11-12H,8-10,17H2,1-4H3. The minimum absolute atomic E-state index is 0.220. The van der Waals surface area contributed by atoms with Crippen molar-refractivity contribution >= 4 is 5.69 Å². The van der Waals surface area contributed by atoms with Crippen molar-refractivity contribution in [2.75, 3.05) is 18.8 Å². The molecule has 0 heterocycles. The van der Waals surface area contributed by atoms with Crippen LogP contribution in [-0.2, 0) is 6.54 Å². The highest BCUT2D eigenvalue weighted by atomic mass is 19.1. The smallest absolute Gasteiger partial charge is 0.146 e. The zero-order valence-corrected chi connectivity index (χ0v) is 11.9. The maximum Gasteiger partial charge on any atom is 0.146 e. The maximum atomic E-state index is 13.4. The molecule has 0 aliphatic heterocycles. The summed E-state index contributed by atoms with van der Waals surface area (Å²) in [5.74, 6) is 0.909.